The van der Waals surface area contributed by atoms with Crippen LogP contribution in [0.3, 0.4) is 0 Å². The SMILES string of the molecule is CCOP(=O)(CN(C(=O)C1CCCC1)[C@H]1CCc2ccccc2N(CC(=O)O)C1=O)OCC. The second-order valence-electron chi connectivity index (χ2n) is 8.38. The molecule has 33 heavy (non-hydrogen) atoms. The Balaban J connectivity index is 2.00. The van der Waals surface area contributed by atoms with Crippen LogP contribution in [-0.4, -0.2) is 59.9 Å². The minimum Gasteiger partial charge on any atom is -0.480 e. The smallest absolute Gasteiger partial charge is 0.349 e. The minimum absolute atomic E-state index is 0.137. The molecule has 0 saturated heterocycles. The van der Waals surface area contributed by atoms with Crippen LogP contribution in [0.1, 0.15) is 51.5 Å². The number of aliphatic carboxylic acids is 1. The van der Waals surface area contributed by atoms with Crippen LogP contribution < -0.4 is 4.90 Å². The lowest BCUT2D eigenvalue weighted by Crippen LogP contribution is -2.53. The van der Waals surface area contributed by atoms with Crippen molar-refractivity contribution in [3.05, 3.63) is 29.8 Å². The summed E-state index contributed by atoms with van der Waals surface area (Å²) >= 11 is 0. The van der Waals surface area contributed by atoms with Crippen LogP contribution in [-0.2, 0) is 34.4 Å². The summed E-state index contributed by atoms with van der Waals surface area (Å²) in [5.74, 6) is -2.14. The fraction of sp³-hybridized carbons (Fsp3) is 0.609. The zero-order valence-electron chi connectivity index (χ0n) is 19.3. The van der Waals surface area contributed by atoms with Crippen molar-refractivity contribution in [2.24, 2.45) is 5.92 Å². The second kappa shape index (κ2) is 11.3. The van der Waals surface area contributed by atoms with E-state index in [1.807, 2.05) is 12.1 Å². The van der Waals surface area contributed by atoms with Gasteiger partial charge in [-0.15, -0.1) is 0 Å². The quantitative estimate of drug-likeness (QED) is 0.509. The fourth-order valence-corrected chi connectivity index (χ4v) is 6.45. The van der Waals surface area contributed by atoms with Gasteiger partial charge in [-0.25, -0.2) is 0 Å². The average molecular weight is 480 g/mol. The van der Waals surface area contributed by atoms with E-state index in [0.29, 0.717) is 31.4 Å². The number of nitrogens with zero attached hydrogens (tertiary/aromatic N) is 2. The molecule has 2 aliphatic rings. The van der Waals surface area contributed by atoms with Crippen molar-refractivity contribution in [3.63, 3.8) is 0 Å². The zero-order chi connectivity index (χ0) is 24.0. The van der Waals surface area contributed by atoms with Crippen molar-refractivity contribution >= 4 is 31.1 Å². The number of para-hydroxylation sites is 1. The Bertz CT molecular complexity index is 906. The van der Waals surface area contributed by atoms with Crippen LogP contribution >= 0.6 is 7.60 Å². The van der Waals surface area contributed by atoms with Crippen LogP contribution in [0.15, 0.2) is 24.3 Å². The summed E-state index contributed by atoms with van der Waals surface area (Å²) in [4.78, 5) is 41.5. The minimum atomic E-state index is -3.68. The van der Waals surface area contributed by atoms with Gasteiger partial charge in [0.25, 0.3) is 0 Å². The van der Waals surface area contributed by atoms with E-state index in [0.717, 1.165) is 18.4 Å². The van der Waals surface area contributed by atoms with E-state index in [2.05, 4.69) is 0 Å². The summed E-state index contributed by atoms with van der Waals surface area (Å²) in [5.41, 5.74) is 1.36. The molecule has 10 heteroatoms. The van der Waals surface area contributed by atoms with Crippen molar-refractivity contribution in [1.82, 2.24) is 4.90 Å². The first kappa shape index (κ1) is 25.4. The molecule has 1 aromatic carbocycles. The van der Waals surface area contributed by atoms with Crippen LogP contribution in [0.2, 0.25) is 0 Å². The van der Waals surface area contributed by atoms with Gasteiger partial charge >= 0.3 is 13.6 Å². The van der Waals surface area contributed by atoms with E-state index in [-0.39, 0.29) is 31.3 Å². The molecule has 9 nitrogen and oxygen atoms in total. The molecule has 3 rings (SSSR count). The van der Waals surface area contributed by atoms with Crippen molar-refractivity contribution in [2.45, 2.75) is 58.4 Å². The molecule has 0 unspecified atom stereocenters. The second-order valence-corrected chi connectivity index (χ2v) is 10.4. The lowest BCUT2D eigenvalue weighted by Gasteiger charge is -2.35. The standard InChI is InChI=1S/C23H33N2O7P/c1-3-31-33(30,32-4-2)16-25(22(28)18-10-5-6-11-18)20-14-13-17-9-7-8-12-19(17)24(23(20)29)15-21(26)27/h7-9,12,18,20H,3-6,10-11,13-16H2,1-2H3,(H,26,27)/t20-/m0/s1. The Kier molecular flexibility index (Phi) is 8.68. The molecule has 0 bridgehead atoms. The molecule has 1 aliphatic heterocycles. The molecule has 1 heterocycles. The number of anilines is 1. The highest BCUT2D eigenvalue weighted by molar-refractivity contribution is 7.53. The summed E-state index contributed by atoms with van der Waals surface area (Å²) in [6, 6.07) is 6.20. The number of hydrogen-bond acceptors (Lipinski definition) is 6. The van der Waals surface area contributed by atoms with E-state index in [4.69, 9.17) is 9.05 Å². The first-order valence-corrected chi connectivity index (χ1v) is 13.3. The molecular formula is C23H33N2O7P. The Morgan fingerprint density at radius 3 is 2.36 bits per heavy atom. The molecule has 182 valence electrons. The van der Waals surface area contributed by atoms with Crippen molar-refractivity contribution in [2.75, 3.05) is 30.9 Å². The number of amides is 2. The summed E-state index contributed by atoms with van der Waals surface area (Å²) in [7, 11) is -3.68. The molecule has 1 fully saturated rings. The Hall–Kier alpha value is -2.22. The lowest BCUT2D eigenvalue weighted by molar-refractivity contribution is -0.142. The van der Waals surface area contributed by atoms with Crippen LogP contribution in [0.25, 0.3) is 0 Å². The van der Waals surface area contributed by atoms with E-state index in [1.54, 1.807) is 26.0 Å². The van der Waals surface area contributed by atoms with Crippen molar-refractivity contribution in [3.8, 4) is 0 Å². The topological polar surface area (TPSA) is 113 Å². The normalized spacial score (nSPS) is 19.3. The number of carboxylic acids is 1. The fourth-order valence-electron chi connectivity index (χ4n) is 4.72. The molecule has 1 aliphatic carbocycles. The van der Waals surface area contributed by atoms with Gasteiger partial charge in [0.05, 0.1) is 13.2 Å². The van der Waals surface area contributed by atoms with Crippen molar-refractivity contribution < 1.29 is 33.1 Å². The molecule has 1 aromatic rings. The Morgan fingerprint density at radius 2 is 1.76 bits per heavy atom. The maximum Gasteiger partial charge on any atom is 0.349 e. The summed E-state index contributed by atoms with van der Waals surface area (Å²) in [6.45, 7) is 3.13. The molecular weight excluding hydrogens is 447 g/mol. The number of rotatable bonds is 10. The summed E-state index contributed by atoms with van der Waals surface area (Å²) in [6.07, 6.45) is 3.71. The predicted molar refractivity (Wildman–Crippen MR) is 123 cm³/mol. The number of carbonyl (C=O) groups excluding carboxylic acids is 2. The van der Waals surface area contributed by atoms with Crippen LogP contribution in [0, 0.1) is 5.92 Å². The van der Waals surface area contributed by atoms with Crippen molar-refractivity contribution in [1.29, 1.82) is 0 Å². The molecule has 1 N–H and O–H groups in total. The number of fused-ring (bicyclic) bond motifs is 1. The summed E-state index contributed by atoms with van der Waals surface area (Å²) in [5, 5.41) is 9.48. The molecule has 2 amide bonds. The third-order valence-electron chi connectivity index (χ3n) is 6.15. The van der Waals surface area contributed by atoms with Crippen LogP contribution in [0.4, 0.5) is 5.69 Å². The molecule has 0 spiro atoms. The third-order valence-corrected chi connectivity index (χ3v) is 8.11. The number of benzene rings is 1. The molecule has 0 radical (unpaired) electrons. The van der Waals surface area contributed by atoms with E-state index in [9.17, 15) is 24.1 Å². The molecule has 1 saturated carbocycles. The number of aryl methyl sites for hydroxylation is 1. The van der Waals surface area contributed by atoms with Gasteiger partial charge in [-0.3, -0.25) is 23.8 Å². The average Bonchev–Trinajstić information content (AvgIpc) is 3.27. The van der Waals surface area contributed by atoms with Gasteiger partial charge < -0.3 is 19.1 Å². The third kappa shape index (κ3) is 6.02. The van der Waals surface area contributed by atoms with E-state index in [1.165, 1.54) is 9.80 Å². The Labute approximate surface area is 194 Å². The van der Waals surface area contributed by atoms with Gasteiger partial charge in [0.15, 0.2) is 0 Å². The molecule has 1 atom stereocenters. The van der Waals surface area contributed by atoms with Gasteiger partial charge in [0, 0.05) is 11.6 Å². The zero-order valence-corrected chi connectivity index (χ0v) is 20.2. The van der Waals surface area contributed by atoms with Gasteiger partial charge in [0.2, 0.25) is 11.8 Å². The highest BCUT2D eigenvalue weighted by Crippen LogP contribution is 2.50. The first-order chi connectivity index (χ1) is 15.8. The van der Waals surface area contributed by atoms with E-state index >= 15 is 0 Å². The van der Waals surface area contributed by atoms with Gasteiger partial charge in [-0.1, -0.05) is 31.0 Å². The molecule has 0 aromatic heterocycles. The van der Waals surface area contributed by atoms with Crippen LogP contribution in [0.5, 0.6) is 0 Å². The maximum absolute atomic E-state index is 13.7. The number of carboxylic acid groups (broad SMARTS) is 1. The van der Waals surface area contributed by atoms with Gasteiger partial charge in [-0.2, -0.15) is 0 Å². The number of carbonyl (C=O) groups is 3. The maximum atomic E-state index is 13.7. The number of hydrogen-bond donors (Lipinski definition) is 1. The largest absolute Gasteiger partial charge is 0.480 e. The first-order valence-electron chi connectivity index (χ1n) is 11.6. The Morgan fingerprint density at radius 1 is 1.12 bits per heavy atom. The van der Waals surface area contributed by atoms with E-state index < -0.39 is 32.1 Å². The summed E-state index contributed by atoms with van der Waals surface area (Å²) < 4.78 is 24.3. The monoisotopic (exact) mass is 480 g/mol. The predicted octanol–water partition coefficient (Wildman–Crippen LogP) is 3.66. The lowest BCUT2D eigenvalue weighted by atomic mass is 10.0. The van der Waals surface area contributed by atoms with Gasteiger partial charge in [0.1, 0.15) is 18.9 Å². The highest BCUT2D eigenvalue weighted by Gasteiger charge is 2.43. The van der Waals surface area contributed by atoms with Gasteiger partial charge in [-0.05, 0) is 51.2 Å². The highest BCUT2D eigenvalue weighted by atomic mass is 31.2.